The average molecular weight is 326 g/mol. The number of nitrogens with one attached hydrogen (secondary N) is 1. The van der Waals surface area contributed by atoms with Crippen molar-refractivity contribution in [3.05, 3.63) is 56.9 Å². The lowest BCUT2D eigenvalue weighted by Crippen LogP contribution is -2.27. The van der Waals surface area contributed by atoms with Crippen LogP contribution in [0, 0.1) is 12.7 Å². The summed E-state index contributed by atoms with van der Waals surface area (Å²) in [7, 11) is 0. The number of aryl methyl sites for hydroxylation is 1. The van der Waals surface area contributed by atoms with E-state index >= 15 is 0 Å². The summed E-state index contributed by atoms with van der Waals surface area (Å²) in [6, 6.07) is 6.09. The van der Waals surface area contributed by atoms with Crippen LogP contribution in [0.4, 0.5) is 10.1 Å². The van der Waals surface area contributed by atoms with E-state index in [9.17, 15) is 9.18 Å². The summed E-state index contributed by atoms with van der Waals surface area (Å²) in [4.78, 5) is 16.0. The smallest absolute Gasteiger partial charge is 0.267 e. The Hall–Kier alpha value is -1.69. The highest BCUT2D eigenvalue weighted by Gasteiger charge is 2.04. The van der Waals surface area contributed by atoms with E-state index in [4.69, 9.17) is 0 Å². The van der Waals surface area contributed by atoms with Gasteiger partial charge in [-0.25, -0.2) is 9.37 Å². The van der Waals surface area contributed by atoms with Gasteiger partial charge in [0.1, 0.15) is 16.1 Å². The molecule has 0 aliphatic carbocycles. The first kappa shape index (κ1) is 13.7. The third kappa shape index (κ3) is 3.41. The third-order valence-electron chi connectivity index (χ3n) is 2.71. The number of rotatable bonds is 4. The quantitative estimate of drug-likeness (QED) is 0.939. The molecule has 0 amide bonds. The Balaban J connectivity index is 2.02. The van der Waals surface area contributed by atoms with Crippen LogP contribution in [0.3, 0.4) is 0 Å². The first-order valence-electron chi connectivity index (χ1n) is 5.79. The van der Waals surface area contributed by atoms with E-state index in [2.05, 4.69) is 26.2 Å². The van der Waals surface area contributed by atoms with Gasteiger partial charge < -0.3 is 5.32 Å². The molecule has 2 aromatic rings. The molecule has 100 valence electrons. The van der Waals surface area contributed by atoms with Gasteiger partial charge in [0.2, 0.25) is 0 Å². The summed E-state index contributed by atoms with van der Waals surface area (Å²) in [6.45, 7) is 2.84. The number of nitrogens with zero attached hydrogens (tertiary/aromatic N) is 2. The highest BCUT2D eigenvalue weighted by molar-refractivity contribution is 9.10. The Bertz CT molecular complexity index is 625. The Morgan fingerprint density at radius 3 is 2.74 bits per heavy atom. The van der Waals surface area contributed by atoms with Crippen LogP contribution in [0.5, 0.6) is 0 Å². The lowest BCUT2D eigenvalue weighted by Gasteiger charge is -2.11. The zero-order valence-corrected chi connectivity index (χ0v) is 11.9. The van der Waals surface area contributed by atoms with Gasteiger partial charge in [-0.1, -0.05) is 0 Å². The zero-order chi connectivity index (χ0) is 13.8. The van der Waals surface area contributed by atoms with E-state index in [1.54, 1.807) is 23.6 Å². The molecule has 0 atom stereocenters. The SMILES string of the molecule is Cc1ncc(Br)c(=O)n1CCNc1ccc(F)cc1. The van der Waals surface area contributed by atoms with E-state index in [-0.39, 0.29) is 11.4 Å². The van der Waals surface area contributed by atoms with Crippen molar-refractivity contribution in [2.45, 2.75) is 13.5 Å². The van der Waals surface area contributed by atoms with Gasteiger partial charge in [0, 0.05) is 25.0 Å². The number of hydrogen-bond acceptors (Lipinski definition) is 3. The molecule has 0 unspecified atom stereocenters. The summed E-state index contributed by atoms with van der Waals surface area (Å²) in [6.07, 6.45) is 1.50. The molecule has 1 aromatic carbocycles. The maximum atomic E-state index is 12.7. The zero-order valence-electron chi connectivity index (χ0n) is 10.4. The lowest BCUT2D eigenvalue weighted by atomic mass is 10.3. The second kappa shape index (κ2) is 5.97. The van der Waals surface area contributed by atoms with E-state index in [1.165, 1.54) is 18.3 Å². The molecule has 0 aliphatic heterocycles. The minimum absolute atomic E-state index is 0.103. The molecule has 1 N–H and O–H groups in total. The van der Waals surface area contributed by atoms with Gasteiger partial charge in [-0.05, 0) is 47.1 Å². The molecule has 2 rings (SSSR count). The van der Waals surface area contributed by atoms with E-state index < -0.39 is 0 Å². The fourth-order valence-corrected chi connectivity index (χ4v) is 2.01. The molecule has 0 aliphatic rings. The lowest BCUT2D eigenvalue weighted by molar-refractivity contribution is 0.627. The highest BCUT2D eigenvalue weighted by Crippen LogP contribution is 2.08. The molecule has 1 heterocycles. The minimum Gasteiger partial charge on any atom is -0.383 e. The van der Waals surface area contributed by atoms with Crippen LogP contribution in [0.25, 0.3) is 0 Å². The number of anilines is 1. The molecule has 0 saturated heterocycles. The van der Waals surface area contributed by atoms with Gasteiger partial charge >= 0.3 is 0 Å². The molecular weight excluding hydrogens is 313 g/mol. The van der Waals surface area contributed by atoms with Crippen molar-refractivity contribution in [1.29, 1.82) is 0 Å². The minimum atomic E-state index is -0.270. The summed E-state index contributed by atoms with van der Waals surface area (Å²) < 4.78 is 14.8. The van der Waals surface area contributed by atoms with Gasteiger partial charge in [-0.15, -0.1) is 0 Å². The molecule has 19 heavy (non-hydrogen) atoms. The molecule has 1 aromatic heterocycles. The second-order valence-corrected chi connectivity index (χ2v) is 4.90. The first-order valence-corrected chi connectivity index (χ1v) is 6.58. The molecular formula is C13H13BrFN3O. The number of halogens is 2. The van der Waals surface area contributed by atoms with Crippen LogP contribution in [0.1, 0.15) is 5.82 Å². The van der Waals surface area contributed by atoms with Crippen molar-refractivity contribution in [1.82, 2.24) is 9.55 Å². The largest absolute Gasteiger partial charge is 0.383 e. The van der Waals surface area contributed by atoms with Crippen molar-refractivity contribution in [3.8, 4) is 0 Å². The van der Waals surface area contributed by atoms with Gasteiger partial charge in [-0.3, -0.25) is 9.36 Å². The van der Waals surface area contributed by atoms with E-state index in [1.807, 2.05) is 0 Å². The van der Waals surface area contributed by atoms with Crippen molar-refractivity contribution < 1.29 is 4.39 Å². The van der Waals surface area contributed by atoms with Crippen LogP contribution in [0.15, 0.2) is 39.7 Å². The molecule has 6 heteroatoms. The second-order valence-electron chi connectivity index (χ2n) is 4.04. The van der Waals surface area contributed by atoms with Crippen LogP contribution in [-0.4, -0.2) is 16.1 Å². The molecule has 0 radical (unpaired) electrons. The third-order valence-corrected chi connectivity index (χ3v) is 3.26. The first-order chi connectivity index (χ1) is 9.08. The van der Waals surface area contributed by atoms with Crippen LogP contribution >= 0.6 is 15.9 Å². The van der Waals surface area contributed by atoms with Gasteiger partial charge in [-0.2, -0.15) is 0 Å². The average Bonchev–Trinajstić information content (AvgIpc) is 2.40. The topological polar surface area (TPSA) is 46.9 Å². The molecule has 0 saturated carbocycles. The Morgan fingerprint density at radius 1 is 1.37 bits per heavy atom. The van der Waals surface area contributed by atoms with Crippen LogP contribution in [0.2, 0.25) is 0 Å². The van der Waals surface area contributed by atoms with Crippen molar-refractivity contribution in [3.63, 3.8) is 0 Å². The Labute approximate surface area is 118 Å². The monoisotopic (exact) mass is 325 g/mol. The van der Waals surface area contributed by atoms with Crippen molar-refractivity contribution in [2.24, 2.45) is 0 Å². The Morgan fingerprint density at radius 2 is 2.05 bits per heavy atom. The number of hydrogen-bond donors (Lipinski definition) is 1. The molecule has 0 bridgehead atoms. The highest BCUT2D eigenvalue weighted by atomic mass is 79.9. The molecule has 0 fully saturated rings. The van der Waals surface area contributed by atoms with Crippen LogP contribution in [-0.2, 0) is 6.54 Å². The Kier molecular flexibility index (Phi) is 4.31. The van der Waals surface area contributed by atoms with E-state index in [0.29, 0.717) is 23.4 Å². The molecule has 4 nitrogen and oxygen atoms in total. The summed E-state index contributed by atoms with van der Waals surface area (Å²) in [5, 5.41) is 3.12. The van der Waals surface area contributed by atoms with Gasteiger partial charge in [0.25, 0.3) is 5.56 Å². The van der Waals surface area contributed by atoms with Crippen LogP contribution < -0.4 is 10.9 Å². The predicted molar refractivity (Wildman–Crippen MR) is 75.8 cm³/mol. The maximum absolute atomic E-state index is 12.7. The normalized spacial score (nSPS) is 10.5. The fraction of sp³-hybridized carbons (Fsp3) is 0.231. The standard InChI is InChI=1S/C13H13BrFN3O/c1-9-17-8-12(14)13(19)18(9)7-6-16-11-4-2-10(15)3-5-11/h2-5,8,16H,6-7H2,1H3. The van der Waals surface area contributed by atoms with Gasteiger partial charge in [0.05, 0.1) is 0 Å². The predicted octanol–water partition coefficient (Wildman–Crippen LogP) is 2.57. The maximum Gasteiger partial charge on any atom is 0.267 e. The number of aromatic nitrogens is 2. The fourth-order valence-electron chi connectivity index (χ4n) is 1.69. The van der Waals surface area contributed by atoms with Crippen molar-refractivity contribution in [2.75, 3.05) is 11.9 Å². The molecule has 0 spiro atoms. The summed E-state index contributed by atoms with van der Waals surface area (Å²) in [5.41, 5.74) is 0.712. The summed E-state index contributed by atoms with van der Waals surface area (Å²) >= 11 is 3.17. The van der Waals surface area contributed by atoms with Crippen molar-refractivity contribution >= 4 is 21.6 Å². The van der Waals surface area contributed by atoms with E-state index in [0.717, 1.165) is 5.69 Å². The summed E-state index contributed by atoms with van der Waals surface area (Å²) in [5.74, 6) is 0.392. The number of benzene rings is 1. The van der Waals surface area contributed by atoms with Gasteiger partial charge in [0.15, 0.2) is 0 Å².